The zero-order chi connectivity index (χ0) is 18.0. The Morgan fingerprint density at radius 1 is 1.24 bits per heavy atom. The summed E-state index contributed by atoms with van der Waals surface area (Å²) >= 11 is 0. The highest BCUT2D eigenvalue weighted by Crippen LogP contribution is 2.37. The molecule has 1 heterocycles. The van der Waals surface area contributed by atoms with Crippen molar-refractivity contribution in [3.05, 3.63) is 40.8 Å². The molecule has 1 aliphatic rings. The molecule has 25 heavy (non-hydrogen) atoms. The molecule has 2 aromatic rings. The zero-order valence-electron chi connectivity index (χ0n) is 15.3. The van der Waals surface area contributed by atoms with Crippen LogP contribution in [-0.4, -0.2) is 21.5 Å². The second kappa shape index (κ2) is 6.98. The lowest BCUT2D eigenvalue weighted by molar-refractivity contribution is -0.123. The highest BCUT2D eigenvalue weighted by molar-refractivity contribution is 5.80. The van der Waals surface area contributed by atoms with Gasteiger partial charge in [-0.3, -0.25) is 14.2 Å². The molecule has 1 amide bonds. The number of nitrogens with zero attached hydrogens (tertiary/aromatic N) is 2. The number of carbonyl (C=O) groups is 1. The van der Waals surface area contributed by atoms with E-state index in [2.05, 4.69) is 31.1 Å². The van der Waals surface area contributed by atoms with Gasteiger partial charge in [0.1, 0.15) is 6.54 Å². The summed E-state index contributed by atoms with van der Waals surface area (Å²) in [7, 11) is 0. The maximum Gasteiger partial charge on any atom is 0.269 e. The van der Waals surface area contributed by atoms with Crippen LogP contribution in [0.5, 0.6) is 0 Å². The molecule has 5 heteroatoms. The van der Waals surface area contributed by atoms with Crippen LogP contribution in [0.15, 0.2) is 35.3 Å². The molecule has 3 rings (SSSR count). The Bertz CT molecular complexity index is 820. The average molecular weight is 341 g/mol. The quantitative estimate of drug-likeness (QED) is 0.933. The van der Waals surface area contributed by atoms with Crippen LogP contribution in [0, 0.1) is 11.3 Å². The van der Waals surface area contributed by atoms with Crippen molar-refractivity contribution in [2.45, 2.75) is 59.0 Å². The molecule has 1 aromatic carbocycles. The number of fused-ring (bicyclic) bond motifs is 1. The first-order valence-corrected chi connectivity index (χ1v) is 9.10. The largest absolute Gasteiger partial charge is 0.352 e. The molecular formula is C20H27N3O2. The molecule has 1 fully saturated rings. The Morgan fingerprint density at radius 2 is 1.96 bits per heavy atom. The number of nitrogens with one attached hydrogen (secondary N) is 1. The number of rotatable bonds is 3. The first-order chi connectivity index (χ1) is 11.9. The summed E-state index contributed by atoms with van der Waals surface area (Å²) in [4.78, 5) is 29.0. The third-order valence-corrected chi connectivity index (χ3v) is 5.28. The van der Waals surface area contributed by atoms with Crippen molar-refractivity contribution in [2.24, 2.45) is 11.3 Å². The standard InChI is InChI=1S/C20H27N3O2/c1-20(2,3)14-8-4-5-9-15(14)22-18(24)13-23-17-11-7-6-10-16(17)21-12-19(23)25/h6-7,10-12,14-15H,4-5,8-9,13H2,1-3H3,(H,22,24). The summed E-state index contributed by atoms with van der Waals surface area (Å²) in [5.74, 6) is 0.371. The van der Waals surface area contributed by atoms with Crippen molar-refractivity contribution < 1.29 is 4.79 Å². The van der Waals surface area contributed by atoms with E-state index >= 15 is 0 Å². The molecule has 5 nitrogen and oxygen atoms in total. The summed E-state index contributed by atoms with van der Waals surface area (Å²) in [6.07, 6.45) is 5.82. The minimum Gasteiger partial charge on any atom is -0.352 e. The van der Waals surface area contributed by atoms with Gasteiger partial charge in [0.2, 0.25) is 5.91 Å². The molecule has 0 aliphatic heterocycles. The molecule has 2 atom stereocenters. The Balaban J connectivity index is 1.79. The molecule has 0 saturated heterocycles. The van der Waals surface area contributed by atoms with Gasteiger partial charge in [-0.05, 0) is 36.3 Å². The van der Waals surface area contributed by atoms with E-state index in [1.165, 1.54) is 17.2 Å². The first kappa shape index (κ1) is 17.6. The molecule has 1 N–H and O–H groups in total. The van der Waals surface area contributed by atoms with E-state index in [0.717, 1.165) is 24.8 Å². The van der Waals surface area contributed by atoms with Crippen LogP contribution >= 0.6 is 0 Å². The Kier molecular flexibility index (Phi) is 4.93. The van der Waals surface area contributed by atoms with Gasteiger partial charge in [0.05, 0.1) is 17.2 Å². The lowest BCUT2D eigenvalue weighted by Crippen LogP contribution is -2.48. The Morgan fingerprint density at radius 3 is 2.72 bits per heavy atom. The normalized spacial score (nSPS) is 21.2. The van der Waals surface area contributed by atoms with Gasteiger partial charge in [0, 0.05) is 6.04 Å². The van der Waals surface area contributed by atoms with Gasteiger partial charge < -0.3 is 5.32 Å². The van der Waals surface area contributed by atoms with E-state index in [9.17, 15) is 9.59 Å². The lowest BCUT2D eigenvalue weighted by atomic mass is 9.69. The summed E-state index contributed by atoms with van der Waals surface area (Å²) < 4.78 is 1.51. The number of benzene rings is 1. The Hall–Kier alpha value is -2.17. The summed E-state index contributed by atoms with van der Waals surface area (Å²) in [5, 5.41) is 3.20. The van der Waals surface area contributed by atoms with E-state index in [1.54, 1.807) is 0 Å². The topological polar surface area (TPSA) is 64.0 Å². The van der Waals surface area contributed by atoms with Crippen molar-refractivity contribution in [1.29, 1.82) is 0 Å². The van der Waals surface area contributed by atoms with Crippen molar-refractivity contribution >= 4 is 16.9 Å². The smallest absolute Gasteiger partial charge is 0.269 e. The van der Waals surface area contributed by atoms with Gasteiger partial charge in [0.25, 0.3) is 5.56 Å². The number of aromatic nitrogens is 2. The van der Waals surface area contributed by atoms with E-state index < -0.39 is 0 Å². The summed E-state index contributed by atoms with van der Waals surface area (Å²) in [6, 6.07) is 7.59. The highest BCUT2D eigenvalue weighted by atomic mass is 16.2. The van der Waals surface area contributed by atoms with Gasteiger partial charge in [-0.1, -0.05) is 45.7 Å². The maximum atomic E-state index is 12.7. The van der Waals surface area contributed by atoms with E-state index in [4.69, 9.17) is 0 Å². The molecule has 2 unspecified atom stereocenters. The van der Waals surface area contributed by atoms with Gasteiger partial charge in [-0.25, -0.2) is 4.98 Å². The van der Waals surface area contributed by atoms with Crippen molar-refractivity contribution in [3.63, 3.8) is 0 Å². The summed E-state index contributed by atoms with van der Waals surface area (Å²) in [5.41, 5.74) is 1.34. The fourth-order valence-corrected chi connectivity index (χ4v) is 4.01. The number of amides is 1. The van der Waals surface area contributed by atoms with Gasteiger partial charge in [-0.15, -0.1) is 0 Å². The van der Waals surface area contributed by atoms with Crippen LogP contribution in [0.3, 0.4) is 0 Å². The SMILES string of the molecule is CC(C)(C)C1CCCCC1NC(=O)Cn1c(=O)cnc2ccccc21. The maximum absolute atomic E-state index is 12.7. The molecule has 0 spiro atoms. The molecule has 1 saturated carbocycles. The minimum absolute atomic E-state index is 0.0369. The van der Waals surface area contributed by atoms with Crippen molar-refractivity contribution in [3.8, 4) is 0 Å². The van der Waals surface area contributed by atoms with E-state index in [-0.39, 0.29) is 29.5 Å². The van der Waals surface area contributed by atoms with Crippen molar-refractivity contribution in [1.82, 2.24) is 14.9 Å². The molecule has 1 aromatic heterocycles. The predicted molar refractivity (Wildman–Crippen MR) is 99.3 cm³/mol. The van der Waals surface area contributed by atoms with Crippen LogP contribution in [0.4, 0.5) is 0 Å². The average Bonchev–Trinajstić information content (AvgIpc) is 2.57. The highest BCUT2D eigenvalue weighted by Gasteiger charge is 2.34. The minimum atomic E-state index is -0.245. The fraction of sp³-hybridized carbons (Fsp3) is 0.550. The molecule has 0 radical (unpaired) electrons. The van der Waals surface area contributed by atoms with Gasteiger partial charge >= 0.3 is 0 Å². The monoisotopic (exact) mass is 341 g/mol. The Labute approximate surface area is 148 Å². The van der Waals surface area contributed by atoms with E-state index in [0.29, 0.717) is 11.4 Å². The van der Waals surface area contributed by atoms with Crippen LogP contribution in [-0.2, 0) is 11.3 Å². The fourth-order valence-electron chi connectivity index (χ4n) is 4.01. The predicted octanol–water partition coefficient (Wildman–Crippen LogP) is 3.12. The second-order valence-electron chi connectivity index (χ2n) is 8.10. The second-order valence-corrected chi connectivity index (χ2v) is 8.10. The van der Waals surface area contributed by atoms with E-state index in [1.807, 2.05) is 24.3 Å². The molecular weight excluding hydrogens is 314 g/mol. The van der Waals surface area contributed by atoms with Gasteiger partial charge in [-0.2, -0.15) is 0 Å². The molecule has 134 valence electrons. The number of hydrogen-bond donors (Lipinski definition) is 1. The zero-order valence-corrected chi connectivity index (χ0v) is 15.3. The molecule has 1 aliphatic carbocycles. The van der Waals surface area contributed by atoms with Crippen molar-refractivity contribution in [2.75, 3.05) is 0 Å². The summed E-state index contributed by atoms with van der Waals surface area (Å²) in [6.45, 7) is 6.75. The number of hydrogen-bond acceptors (Lipinski definition) is 3. The lowest BCUT2D eigenvalue weighted by Gasteiger charge is -2.40. The van der Waals surface area contributed by atoms with Crippen LogP contribution < -0.4 is 10.9 Å². The third kappa shape index (κ3) is 3.91. The third-order valence-electron chi connectivity index (χ3n) is 5.28. The number of carbonyl (C=O) groups excluding carboxylic acids is 1. The van der Waals surface area contributed by atoms with Gasteiger partial charge in [0.15, 0.2) is 0 Å². The first-order valence-electron chi connectivity index (χ1n) is 9.10. The van der Waals surface area contributed by atoms with Crippen LogP contribution in [0.2, 0.25) is 0 Å². The number of para-hydroxylation sites is 2. The molecule has 0 bridgehead atoms. The van der Waals surface area contributed by atoms with Crippen LogP contribution in [0.1, 0.15) is 46.5 Å². The van der Waals surface area contributed by atoms with Crippen LogP contribution in [0.25, 0.3) is 11.0 Å².